The highest BCUT2D eigenvalue weighted by Gasteiger charge is 2.40. The molecule has 1 aliphatic rings. The second-order valence-corrected chi connectivity index (χ2v) is 6.25. The van der Waals surface area contributed by atoms with Gasteiger partial charge in [-0.15, -0.1) is 0 Å². The Labute approximate surface area is 164 Å². The molecule has 8 nitrogen and oxygen atoms in total. The highest BCUT2D eigenvalue weighted by atomic mass is 19.4. The van der Waals surface area contributed by atoms with Gasteiger partial charge in [0.1, 0.15) is 0 Å². The third kappa shape index (κ3) is 6.06. The van der Waals surface area contributed by atoms with Gasteiger partial charge in [0.05, 0.1) is 12.3 Å². The second kappa shape index (κ2) is 8.76. The van der Waals surface area contributed by atoms with Gasteiger partial charge in [-0.1, -0.05) is 12.6 Å². The molecule has 0 saturated heterocycles. The molecule has 1 aromatic rings. The Bertz CT molecular complexity index is 836. The fourth-order valence-electron chi connectivity index (χ4n) is 2.40. The summed E-state index contributed by atoms with van der Waals surface area (Å²) in [5, 5.41) is 8.07. The number of carbonyl (C=O) groups excluding carboxylic acids is 2. The molecule has 2 atom stereocenters. The molecule has 3 N–H and O–H groups in total. The van der Waals surface area contributed by atoms with Crippen molar-refractivity contribution in [2.75, 3.05) is 6.61 Å². The van der Waals surface area contributed by atoms with Crippen molar-refractivity contribution >= 4 is 18.0 Å². The van der Waals surface area contributed by atoms with Crippen LogP contribution in [0.4, 0.5) is 13.2 Å². The molecular weight excluding hydrogens is 391 g/mol. The number of rotatable bonds is 7. The van der Waals surface area contributed by atoms with Gasteiger partial charge in [-0.2, -0.15) is 13.2 Å². The van der Waals surface area contributed by atoms with E-state index in [1.807, 2.05) is 0 Å². The van der Waals surface area contributed by atoms with Crippen LogP contribution in [0.25, 0.3) is 0 Å². The zero-order valence-corrected chi connectivity index (χ0v) is 15.7. The van der Waals surface area contributed by atoms with Crippen LogP contribution < -0.4 is 20.7 Å². The first-order valence-corrected chi connectivity index (χ1v) is 8.45. The molecule has 2 amide bonds. The lowest BCUT2D eigenvalue weighted by molar-refractivity contribution is -0.154. The maximum absolute atomic E-state index is 12.9. The maximum Gasteiger partial charge on any atom is 0.422 e. The highest BCUT2D eigenvalue weighted by Crippen LogP contribution is 2.19. The van der Waals surface area contributed by atoms with E-state index in [4.69, 9.17) is 0 Å². The molecule has 29 heavy (non-hydrogen) atoms. The summed E-state index contributed by atoms with van der Waals surface area (Å²) in [7, 11) is 0. The van der Waals surface area contributed by atoms with Crippen LogP contribution >= 0.6 is 0 Å². The number of hydrogen-bond acceptors (Lipinski definition) is 6. The molecule has 2 rings (SSSR count). The lowest BCUT2D eigenvalue weighted by atomic mass is 10.1. The lowest BCUT2D eigenvalue weighted by Crippen LogP contribution is -2.68. The van der Waals surface area contributed by atoms with Gasteiger partial charge in [0, 0.05) is 24.2 Å². The van der Waals surface area contributed by atoms with Crippen LogP contribution in [0.3, 0.4) is 0 Å². The summed E-state index contributed by atoms with van der Waals surface area (Å²) in [5.41, 5.74) is -0.558. The summed E-state index contributed by atoms with van der Waals surface area (Å²) in [6.07, 6.45) is 0.575. The first-order valence-electron chi connectivity index (χ1n) is 8.45. The van der Waals surface area contributed by atoms with Crippen molar-refractivity contribution in [3.8, 4) is 5.88 Å². The van der Waals surface area contributed by atoms with E-state index in [9.17, 15) is 22.8 Å². The number of allylic oxidation sites excluding steroid dienone is 1. The van der Waals surface area contributed by atoms with Gasteiger partial charge in [-0.3, -0.25) is 14.6 Å². The normalized spacial score (nSPS) is 19.4. The molecule has 1 aromatic heterocycles. The van der Waals surface area contributed by atoms with Gasteiger partial charge in [0.15, 0.2) is 6.61 Å². The Morgan fingerprint density at radius 3 is 2.69 bits per heavy atom. The second-order valence-electron chi connectivity index (χ2n) is 6.25. The molecule has 0 bridgehead atoms. The van der Waals surface area contributed by atoms with Crippen LogP contribution in [0.15, 0.2) is 47.9 Å². The molecule has 0 saturated carbocycles. The van der Waals surface area contributed by atoms with Crippen LogP contribution in [-0.2, 0) is 9.59 Å². The fraction of sp³-hybridized carbons (Fsp3) is 0.333. The van der Waals surface area contributed by atoms with Crippen molar-refractivity contribution in [1.29, 1.82) is 0 Å². The molecule has 0 fully saturated rings. The number of nitrogens with zero attached hydrogens (tertiary/aromatic N) is 2. The zero-order valence-electron chi connectivity index (χ0n) is 15.7. The molecule has 1 aliphatic heterocycles. The van der Waals surface area contributed by atoms with Crippen LogP contribution in [0.2, 0.25) is 0 Å². The monoisotopic (exact) mass is 411 g/mol. The minimum Gasteiger partial charge on any atom is -0.468 e. The molecule has 2 unspecified atom stereocenters. The van der Waals surface area contributed by atoms with Crippen molar-refractivity contribution in [2.45, 2.75) is 31.7 Å². The molecular formula is C18H20F3N5O3. The lowest BCUT2D eigenvalue weighted by Gasteiger charge is -2.34. The largest absolute Gasteiger partial charge is 0.468 e. The number of aliphatic imine (C=N–C) groups is 1. The summed E-state index contributed by atoms with van der Waals surface area (Å²) < 4.78 is 41.1. The van der Waals surface area contributed by atoms with Crippen molar-refractivity contribution < 1.29 is 27.5 Å². The number of aromatic nitrogens is 1. The van der Waals surface area contributed by atoms with Crippen molar-refractivity contribution in [3.63, 3.8) is 0 Å². The Hall–Kier alpha value is -3.37. The average molecular weight is 411 g/mol. The number of ether oxygens (including phenoxy) is 1. The predicted octanol–water partition coefficient (Wildman–Crippen LogP) is 1.73. The number of hydrogen-bond donors (Lipinski definition) is 3. The summed E-state index contributed by atoms with van der Waals surface area (Å²) in [6.45, 7) is 5.23. The summed E-state index contributed by atoms with van der Waals surface area (Å²) in [5.74, 6) is -1.38. The molecule has 0 aliphatic carbocycles. The molecule has 0 spiro atoms. The first-order chi connectivity index (χ1) is 13.5. The minimum atomic E-state index is -4.47. The first kappa shape index (κ1) is 21.9. The third-order valence-corrected chi connectivity index (χ3v) is 3.79. The smallest absolute Gasteiger partial charge is 0.422 e. The number of amides is 2. The van der Waals surface area contributed by atoms with Crippen molar-refractivity contribution in [2.24, 2.45) is 4.99 Å². The van der Waals surface area contributed by atoms with Crippen LogP contribution in [-0.4, -0.2) is 41.5 Å². The Morgan fingerprint density at radius 1 is 1.41 bits per heavy atom. The fourth-order valence-corrected chi connectivity index (χ4v) is 2.40. The van der Waals surface area contributed by atoms with E-state index < -0.39 is 36.3 Å². The summed E-state index contributed by atoms with van der Waals surface area (Å²) in [4.78, 5) is 32.4. The predicted molar refractivity (Wildman–Crippen MR) is 98.8 cm³/mol. The quantitative estimate of drug-likeness (QED) is 0.593. The van der Waals surface area contributed by atoms with Gasteiger partial charge in [-0.05, 0) is 25.5 Å². The van der Waals surface area contributed by atoms with Gasteiger partial charge in [0.2, 0.25) is 17.5 Å². The van der Waals surface area contributed by atoms with E-state index in [-0.39, 0.29) is 5.88 Å². The number of pyridine rings is 1. The highest BCUT2D eigenvalue weighted by molar-refractivity contribution is 6.07. The maximum atomic E-state index is 12.9. The molecule has 11 heteroatoms. The van der Waals surface area contributed by atoms with Gasteiger partial charge < -0.3 is 20.7 Å². The zero-order chi connectivity index (χ0) is 21.7. The van der Waals surface area contributed by atoms with E-state index in [1.165, 1.54) is 30.7 Å². The van der Waals surface area contributed by atoms with Crippen LogP contribution in [0.1, 0.15) is 25.5 Å². The molecule has 2 heterocycles. The molecule has 156 valence electrons. The van der Waals surface area contributed by atoms with E-state index >= 15 is 0 Å². The summed E-state index contributed by atoms with van der Waals surface area (Å²) >= 11 is 0. The number of halogens is 3. The molecule has 0 aromatic carbocycles. The topological polar surface area (TPSA) is 105 Å². The Kier molecular flexibility index (Phi) is 6.62. The van der Waals surface area contributed by atoms with E-state index in [1.54, 1.807) is 13.8 Å². The van der Waals surface area contributed by atoms with Crippen molar-refractivity contribution in [1.82, 2.24) is 20.9 Å². The van der Waals surface area contributed by atoms with E-state index in [0.29, 0.717) is 11.3 Å². The summed E-state index contributed by atoms with van der Waals surface area (Å²) in [6, 6.07) is 2.17. The number of carbonyl (C=O) groups is 2. The number of alkyl halides is 3. The van der Waals surface area contributed by atoms with Gasteiger partial charge in [-0.25, -0.2) is 4.98 Å². The minimum absolute atomic E-state index is 0.193. The standard InChI is InChI=1S/C18H20F3N5O3/c1-4-14(27)26-17(9-22-7-11(2)25-17)16(28)24-12(3)13-5-6-15(23-8-13)29-10-18(19,20)21/h4-9,12,25H,1,10H2,2-3H3,(H,24,28)(H,26,27). The van der Waals surface area contributed by atoms with Crippen molar-refractivity contribution in [3.05, 3.63) is 48.4 Å². The van der Waals surface area contributed by atoms with E-state index in [2.05, 4.69) is 37.2 Å². The van der Waals surface area contributed by atoms with Crippen LogP contribution in [0, 0.1) is 0 Å². The van der Waals surface area contributed by atoms with Gasteiger partial charge >= 0.3 is 6.18 Å². The Balaban J connectivity index is 2.09. The third-order valence-electron chi connectivity index (χ3n) is 3.79. The Morgan fingerprint density at radius 2 is 2.14 bits per heavy atom. The van der Waals surface area contributed by atoms with Crippen LogP contribution in [0.5, 0.6) is 5.88 Å². The van der Waals surface area contributed by atoms with E-state index in [0.717, 1.165) is 6.08 Å². The number of nitrogens with one attached hydrogen (secondary N) is 3. The SMILES string of the molecule is C=CC(=O)NC1(C(=O)NC(C)c2ccc(OCC(F)(F)F)nc2)C=NC=C(C)N1. The average Bonchev–Trinajstić information content (AvgIpc) is 2.66. The molecule has 0 radical (unpaired) electrons. The van der Waals surface area contributed by atoms with Gasteiger partial charge in [0.25, 0.3) is 5.91 Å².